The molecule has 1 fully saturated rings. The minimum Gasteiger partial charge on any atom is -0.495 e. The van der Waals surface area contributed by atoms with E-state index >= 15 is 0 Å². The van der Waals surface area contributed by atoms with Gasteiger partial charge in [0.1, 0.15) is 22.8 Å². The van der Waals surface area contributed by atoms with Crippen LogP contribution < -0.4 is 20.9 Å². The molecule has 2 amide bonds. The smallest absolute Gasteiger partial charge is 0.414 e. The van der Waals surface area contributed by atoms with Crippen molar-refractivity contribution < 1.29 is 32.2 Å². The number of aromatic nitrogens is 1. The van der Waals surface area contributed by atoms with Gasteiger partial charge in [0.2, 0.25) is 0 Å². The first-order chi connectivity index (χ1) is 20.3. The number of H-pyrrole nitrogens is 1. The normalized spacial score (nSPS) is 15.0. The zero-order chi connectivity index (χ0) is 31.2. The van der Waals surface area contributed by atoms with Gasteiger partial charge >= 0.3 is 11.5 Å². The fourth-order valence-corrected chi connectivity index (χ4v) is 6.72. The molecule has 2 aliphatic rings. The first-order valence-electron chi connectivity index (χ1n) is 12.7. The summed E-state index contributed by atoms with van der Waals surface area (Å²) >= 11 is 18.4. The average Bonchev–Trinajstić information content (AvgIpc) is 3.37. The second kappa shape index (κ2) is 12.1. The molecule has 9 nitrogen and oxygen atoms in total. The first kappa shape index (κ1) is 31.3. The molecule has 0 spiro atoms. The van der Waals surface area contributed by atoms with E-state index in [0.717, 1.165) is 12.1 Å². The number of fused-ring (bicyclic) bond motifs is 1. The number of nitrogens with zero attached hydrogens (tertiary/aromatic N) is 2. The molecule has 1 saturated heterocycles. The van der Waals surface area contributed by atoms with E-state index in [1.165, 1.54) is 16.9 Å². The number of benzene rings is 2. The number of hydrogen-bond acceptors (Lipinski definition) is 7. The monoisotopic (exact) mass is 676 g/mol. The van der Waals surface area contributed by atoms with Crippen LogP contribution in [0, 0.1) is 5.82 Å². The molecule has 0 radical (unpaired) electrons. The van der Waals surface area contributed by atoms with Gasteiger partial charge in [-0.25, -0.2) is 9.18 Å². The van der Waals surface area contributed by atoms with Gasteiger partial charge in [0.15, 0.2) is 0 Å². The number of amides is 2. The second-order valence-electron chi connectivity index (χ2n) is 9.59. The number of rotatable bonds is 7. The lowest BCUT2D eigenvalue weighted by atomic mass is 10.1. The lowest BCUT2D eigenvalue weighted by Gasteiger charge is -2.28. The minimum atomic E-state index is -3.98. The van der Waals surface area contributed by atoms with Gasteiger partial charge in [-0.05, 0) is 53.4 Å². The Kier molecular flexibility index (Phi) is 8.83. The van der Waals surface area contributed by atoms with Crippen LogP contribution >= 0.6 is 46.6 Å². The second-order valence-corrected chi connectivity index (χ2v) is 11.9. The maximum atomic E-state index is 14.4. The predicted octanol–water partition coefficient (Wildman–Crippen LogP) is 6.23. The topological polar surface area (TPSA) is 118 Å². The van der Waals surface area contributed by atoms with Gasteiger partial charge in [-0.1, -0.05) is 35.0 Å². The summed E-state index contributed by atoms with van der Waals surface area (Å²) in [6.45, 7) is 0.483. The van der Waals surface area contributed by atoms with Crippen LogP contribution in [-0.4, -0.2) is 42.1 Å². The number of ether oxygens (including phenoxy) is 2. The Bertz CT molecular complexity index is 1700. The highest BCUT2D eigenvalue weighted by atomic mass is 35.5. The van der Waals surface area contributed by atoms with Crippen LogP contribution in [-0.2, 0) is 29.8 Å². The van der Waals surface area contributed by atoms with E-state index in [4.69, 9.17) is 50.0 Å². The molecule has 1 aromatic heterocycles. The number of carbonyl (C=O) groups excluding carboxylic acids is 2. The summed E-state index contributed by atoms with van der Waals surface area (Å²) in [6, 6.07) is 5.18. The largest absolute Gasteiger partial charge is 0.495 e. The molecule has 3 N–H and O–H groups in total. The van der Waals surface area contributed by atoms with E-state index in [0.29, 0.717) is 53.9 Å². The fourth-order valence-electron chi connectivity index (χ4n) is 4.83. The van der Waals surface area contributed by atoms with Crippen LogP contribution in [0.15, 0.2) is 38.9 Å². The third-order valence-corrected chi connectivity index (χ3v) is 9.24. The number of cyclic esters (lactones) is 1. The van der Waals surface area contributed by atoms with Crippen molar-refractivity contribution in [2.45, 2.75) is 41.2 Å². The first-order valence-corrected chi connectivity index (χ1v) is 14.6. The van der Waals surface area contributed by atoms with Crippen LogP contribution in [0.5, 0.6) is 5.75 Å². The number of alkyl halides is 3. The van der Waals surface area contributed by atoms with Crippen molar-refractivity contribution in [3.63, 3.8) is 0 Å². The highest BCUT2D eigenvalue weighted by Gasteiger charge is 2.35. The van der Waals surface area contributed by atoms with E-state index in [9.17, 15) is 27.6 Å². The molecular formula is C27H22Cl3F3N4O5S. The molecule has 3 heterocycles. The lowest BCUT2D eigenvalue weighted by molar-refractivity contribution is 0.0740. The Morgan fingerprint density at radius 3 is 2.51 bits per heavy atom. The van der Waals surface area contributed by atoms with E-state index < -0.39 is 40.0 Å². The number of aromatic amines is 1. The van der Waals surface area contributed by atoms with Crippen molar-refractivity contribution in [1.29, 1.82) is 0 Å². The van der Waals surface area contributed by atoms with Crippen molar-refractivity contribution in [2.75, 3.05) is 25.2 Å². The van der Waals surface area contributed by atoms with Crippen LogP contribution in [0.3, 0.4) is 0 Å². The summed E-state index contributed by atoms with van der Waals surface area (Å²) in [4.78, 5) is 43.9. The van der Waals surface area contributed by atoms with Crippen molar-refractivity contribution in [1.82, 2.24) is 9.88 Å². The van der Waals surface area contributed by atoms with Crippen molar-refractivity contribution in [3.05, 3.63) is 78.4 Å². The highest BCUT2D eigenvalue weighted by Crippen LogP contribution is 2.44. The number of anilines is 1. The van der Waals surface area contributed by atoms with Crippen molar-refractivity contribution in [2.24, 2.45) is 5.73 Å². The van der Waals surface area contributed by atoms with Gasteiger partial charge in [-0.3, -0.25) is 14.5 Å². The number of hydrogen-bond donors (Lipinski definition) is 2. The predicted molar refractivity (Wildman–Crippen MR) is 155 cm³/mol. The summed E-state index contributed by atoms with van der Waals surface area (Å²) in [5, 5.41) is -4.37. The summed E-state index contributed by atoms with van der Waals surface area (Å²) in [5.41, 5.74) is 4.75. The number of nitrogens with one attached hydrogen (secondary N) is 1. The van der Waals surface area contributed by atoms with Crippen molar-refractivity contribution in [3.8, 4) is 5.75 Å². The lowest BCUT2D eigenvalue weighted by Crippen LogP contribution is -2.38. The van der Waals surface area contributed by atoms with Gasteiger partial charge in [-0.2, -0.15) is 8.78 Å². The highest BCUT2D eigenvalue weighted by molar-refractivity contribution is 7.99. The zero-order valence-electron chi connectivity index (χ0n) is 22.2. The third kappa shape index (κ3) is 6.01. The summed E-state index contributed by atoms with van der Waals surface area (Å²) in [7, 11) is 1.44. The standard InChI is InChI=1S/C27H22Cl3F3N4O5S/c1-41-18-6-13-11-36(10-12(13)5-17(18)37-3-2-4-42-26(37)40)25(39)21-19(8-20(27(30,32)33)35-24(21)38)43-23-15(28)7-16(31)14(9-34)22(23)29/h5-8H,2-4,9-11,34H2,1H3,(H,35,38). The Hall–Kier alpha value is -3.10. The maximum Gasteiger partial charge on any atom is 0.414 e. The summed E-state index contributed by atoms with van der Waals surface area (Å²) in [5.74, 6) is -1.19. The average molecular weight is 678 g/mol. The van der Waals surface area contributed by atoms with Crippen LogP contribution in [0.2, 0.25) is 10.0 Å². The van der Waals surface area contributed by atoms with Gasteiger partial charge in [0, 0.05) is 36.6 Å². The summed E-state index contributed by atoms with van der Waals surface area (Å²) in [6.07, 6.45) is 0.0853. The van der Waals surface area contributed by atoms with Crippen molar-refractivity contribution >= 4 is 64.3 Å². The molecule has 2 aliphatic heterocycles. The number of methoxy groups -OCH3 is 1. The Balaban J connectivity index is 1.55. The molecule has 0 saturated carbocycles. The molecule has 0 aliphatic carbocycles. The molecule has 0 unspecified atom stereocenters. The molecule has 43 heavy (non-hydrogen) atoms. The molecule has 228 valence electrons. The SMILES string of the molecule is COc1cc2c(cc1N1CCCOC1=O)CN(C(=O)c1c(Sc3c(Cl)cc(F)c(CN)c3Cl)cc(C(F)(F)Cl)[nH]c1=O)C2. The molecule has 0 atom stereocenters. The number of nitrogens with two attached hydrogens (primary N) is 1. The van der Waals surface area contributed by atoms with Gasteiger partial charge < -0.3 is 25.1 Å². The van der Waals surface area contributed by atoms with Gasteiger partial charge in [-0.15, -0.1) is 0 Å². The van der Waals surface area contributed by atoms with Gasteiger partial charge in [0.25, 0.3) is 11.5 Å². The number of halogens is 6. The van der Waals surface area contributed by atoms with Gasteiger partial charge in [0.05, 0.1) is 34.3 Å². The van der Waals surface area contributed by atoms with E-state index in [1.807, 2.05) is 4.98 Å². The maximum absolute atomic E-state index is 14.4. The van der Waals surface area contributed by atoms with Crippen LogP contribution in [0.1, 0.15) is 39.2 Å². The van der Waals surface area contributed by atoms with E-state index in [-0.39, 0.29) is 45.0 Å². The Morgan fingerprint density at radius 2 is 1.88 bits per heavy atom. The minimum absolute atomic E-state index is 0.00109. The molecule has 2 aromatic carbocycles. The van der Waals surface area contributed by atoms with E-state index in [2.05, 4.69) is 0 Å². The number of carbonyl (C=O) groups is 2. The zero-order valence-corrected chi connectivity index (χ0v) is 25.3. The quantitative estimate of drug-likeness (QED) is 0.285. The van der Waals surface area contributed by atoms with Crippen LogP contribution in [0.4, 0.5) is 23.7 Å². The fraction of sp³-hybridized carbons (Fsp3) is 0.296. The van der Waals surface area contributed by atoms with Crippen LogP contribution in [0.25, 0.3) is 0 Å². The molecule has 16 heteroatoms. The molecule has 0 bridgehead atoms. The molecule has 3 aromatic rings. The number of pyridine rings is 1. The third-order valence-electron chi connectivity index (χ3n) is 6.93. The molecular weight excluding hydrogens is 656 g/mol. The Labute approximate surface area is 262 Å². The Morgan fingerprint density at radius 1 is 1.19 bits per heavy atom. The molecule has 5 rings (SSSR count). The summed E-state index contributed by atoms with van der Waals surface area (Å²) < 4.78 is 53.2. The van der Waals surface area contributed by atoms with E-state index in [1.54, 1.807) is 12.1 Å².